The molecule has 0 spiro atoms. The molecule has 0 radical (unpaired) electrons. The molecule has 1 fully saturated rings. The number of nitrogens with zero attached hydrogens (tertiary/aromatic N) is 3. The summed E-state index contributed by atoms with van der Waals surface area (Å²) in [6.45, 7) is 6.93. The van der Waals surface area contributed by atoms with E-state index in [1.165, 1.54) is 17.9 Å². The summed E-state index contributed by atoms with van der Waals surface area (Å²) in [4.78, 5) is 38.9. The van der Waals surface area contributed by atoms with E-state index in [0.29, 0.717) is 32.6 Å². The topological polar surface area (TPSA) is 81.2 Å². The second-order valence-electron chi connectivity index (χ2n) is 4.69. The largest absolute Gasteiger partial charge is 0.480 e. The van der Waals surface area contributed by atoms with Crippen LogP contribution in [-0.4, -0.2) is 77.0 Å². The SMILES string of the molecule is C=CCN(CC(=O)O)C(=O)N1CCCN(C(C)=O)CC1. The maximum absolute atomic E-state index is 12.3. The summed E-state index contributed by atoms with van der Waals surface area (Å²) in [5.74, 6) is -1.06. The van der Waals surface area contributed by atoms with E-state index in [-0.39, 0.29) is 25.0 Å². The lowest BCUT2D eigenvalue weighted by Crippen LogP contribution is -2.46. The van der Waals surface area contributed by atoms with Crippen LogP contribution < -0.4 is 0 Å². The molecule has 0 unspecified atom stereocenters. The molecule has 20 heavy (non-hydrogen) atoms. The summed E-state index contributed by atoms with van der Waals surface area (Å²) in [6, 6.07) is -0.322. The van der Waals surface area contributed by atoms with E-state index in [4.69, 9.17) is 5.11 Å². The first-order valence-electron chi connectivity index (χ1n) is 6.57. The molecule has 0 saturated carbocycles. The highest BCUT2D eigenvalue weighted by atomic mass is 16.4. The van der Waals surface area contributed by atoms with Crippen LogP contribution in [0, 0.1) is 0 Å². The van der Waals surface area contributed by atoms with Gasteiger partial charge >= 0.3 is 12.0 Å². The Morgan fingerprint density at radius 2 is 1.80 bits per heavy atom. The minimum atomic E-state index is -1.06. The van der Waals surface area contributed by atoms with Gasteiger partial charge < -0.3 is 19.8 Å². The monoisotopic (exact) mass is 283 g/mol. The third kappa shape index (κ3) is 4.56. The van der Waals surface area contributed by atoms with Gasteiger partial charge in [-0.3, -0.25) is 9.59 Å². The molecule has 7 heteroatoms. The molecule has 3 amide bonds. The van der Waals surface area contributed by atoms with Gasteiger partial charge in [0.2, 0.25) is 5.91 Å². The van der Waals surface area contributed by atoms with Crippen molar-refractivity contribution in [3.05, 3.63) is 12.7 Å². The van der Waals surface area contributed by atoms with Gasteiger partial charge in [0.25, 0.3) is 0 Å². The summed E-state index contributed by atoms with van der Waals surface area (Å²) in [6.07, 6.45) is 2.20. The van der Waals surface area contributed by atoms with Crippen LogP contribution in [0.15, 0.2) is 12.7 Å². The summed E-state index contributed by atoms with van der Waals surface area (Å²) >= 11 is 0. The van der Waals surface area contributed by atoms with E-state index in [1.54, 1.807) is 9.80 Å². The summed E-state index contributed by atoms with van der Waals surface area (Å²) in [5, 5.41) is 8.83. The van der Waals surface area contributed by atoms with Crippen LogP contribution in [0.3, 0.4) is 0 Å². The minimum Gasteiger partial charge on any atom is -0.480 e. The Bertz CT molecular complexity index is 397. The number of carboxylic acid groups (broad SMARTS) is 1. The second-order valence-corrected chi connectivity index (χ2v) is 4.69. The zero-order valence-corrected chi connectivity index (χ0v) is 11.7. The van der Waals surface area contributed by atoms with Gasteiger partial charge in [0, 0.05) is 39.6 Å². The van der Waals surface area contributed by atoms with Crippen LogP contribution in [-0.2, 0) is 9.59 Å². The molecule has 1 aliphatic rings. The number of carbonyl (C=O) groups is 3. The fourth-order valence-corrected chi connectivity index (χ4v) is 2.15. The van der Waals surface area contributed by atoms with Gasteiger partial charge in [-0.2, -0.15) is 0 Å². The van der Waals surface area contributed by atoms with E-state index in [0.717, 1.165) is 0 Å². The lowest BCUT2D eigenvalue weighted by molar-refractivity contribution is -0.137. The maximum Gasteiger partial charge on any atom is 0.323 e. The van der Waals surface area contributed by atoms with Gasteiger partial charge in [0.05, 0.1) is 0 Å². The van der Waals surface area contributed by atoms with Crippen molar-refractivity contribution >= 4 is 17.9 Å². The zero-order chi connectivity index (χ0) is 15.1. The average molecular weight is 283 g/mol. The first-order chi connectivity index (χ1) is 9.45. The van der Waals surface area contributed by atoms with Gasteiger partial charge in [0.1, 0.15) is 6.54 Å². The maximum atomic E-state index is 12.3. The normalized spacial score (nSPS) is 15.4. The van der Waals surface area contributed by atoms with Crippen molar-refractivity contribution in [3.63, 3.8) is 0 Å². The Balaban J connectivity index is 2.66. The molecular formula is C13H21N3O4. The summed E-state index contributed by atoms with van der Waals surface area (Å²) in [5.41, 5.74) is 0. The first kappa shape index (κ1) is 16.0. The number of carbonyl (C=O) groups excluding carboxylic acids is 2. The highest BCUT2D eigenvalue weighted by Crippen LogP contribution is 2.07. The van der Waals surface area contributed by atoms with E-state index < -0.39 is 5.97 Å². The van der Waals surface area contributed by atoms with Crippen LogP contribution >= 0.6 is 0 Å². The summed E-state index contributed by atoms with van der Waals surface area (Å²) in [7, 11) is 0. The predicted molar refractivity (Wildman–Crippen MR) is 73.2 cm³/mol. The molecular weight excluding hydrogens is 262 g/mol. The fraction of sp³-hybridized carbons (Fsp3) is 0.615. The quantitative estimate of drug-likeness (QED) is 0.749. The number of carboxylic acids is 1. The van der Waals surface area contributed by atoms with Crippen molar-refractivity contribution in [1.29, 1.82) is 0 Å². The van der Waals surface area contributed by atoms with Gasteiger partial charge in [-0.15, -0.1) is 6.58 Å². The van der Waals surface area contributed by atoms with E-state index in [2.05, 4.69) is 6.58 Å². The first-order valence-corrected chi connectivity index (χ1v) is 6.57. The standard InChI is InChI=1S/C13H21N3O4/c1-3-5-16(10-12(18)19)13(20)15-7-4-6-14(8-9-15)11(2)17/h3H,1,4-10H2,2H3,(H,18,19). The number of aliphatic carboxylic acids is 1. The van der Waals surface area contributed by atoms with Crippen LogP contribution in [0.5, 0.6) is 0 Å². The number of amides is 3. The molecule has 1 rings (SSSR count). The number of urea groups is 1. The second kappa shape index (κ2) is 7.52. The van der Waals surface area contributed by atoms with E-state index >= 15 is 0 Å². The Labute approximate surface area is 118 Å². The number of hydrogen-bond acceptors (Lipinski definition) is 3. The molecule has 7 nitrogen and oxygen atoms in total. The van der Waals surface area contributed by atoms with Crippen LogP contribution in [0.4, 0.5) is 4.79 Å². The molecule has 0 aromatic carbocycles. The Kier molecular flexibility index (Phi) is 6.02. The molecule has 112 valence electrons. The Hall–Kier alpha value is -2.05. The molecule has 1 N–H and O–H groups in total. The van der Waals surface area contributed by atoms with Gasteiger partial charge in [-0.1, -0.05) is 6.08 Å². The predicted octanol–water partition coefficient (Wildman–Crippen LogP) is 0.233. The van der Waals surface area contributed by atoms with E-state index in [9.17, 15) is 14.4 Å². The van der Waals surface area contributed by atoms with Crippen molar-refractivity contribution in [3.8, 4) is 0 Å². The molecule has 0 atom stereocenters. The van der Waals surface area contributed by atoms with Crippen LogP contribution in [0.1, 0.15) is 13.3 Å². The molecule has 0 aromatic heterocycles. The average Bonchev–Trinajstić information content (AvgIpc) is 2.62. The molecule has 0 aliphatic carbocycles. The molecule has 1 saturated heterocycles. The van der Waals surface area contributed by atoms with Crippen LogP contribution in [0.25, 0.3) is 0 Å². The highest BCUT2D eigenvalue weighted by Gasteiger charge is 2.24. The Morgan fingerprint density at radius 3 is 2.35 bits per heavy atom. The molecule has 1 aliphatic heterocycles. The van der Waals surface area contributed by atoms with Gasteiger partial charge in [-0.25, -0.2) is 4.79 Å². The van der Waals surface area contributed by atoms with Crippen molar-refractivity contribution in [2.45, 2.75) is 13.3 Å². The molecule has 0 aromatic rings. The molecule has 0 bridgehead atoms. The lowest BCUT2D eigenvalue weighted by Gasteiger charge is -2.28. The minimum absolute atomic E-state index is 0.00668. The number of hydrogen-bond donors (Lipinski definition) is 1. The molecule has 1 heterocycles. The van der Waals surface area contributed by atoms with E-state index in [1.807, 2.05) is 0 Å². The highest BCUT2D eigenvalue weighted by molar-refractivity contribution is 5.80. The number of rotatable bonds is 4. The third-order valence-electron chi connectivity index (χ3n) is 3.16. The van der Waals surface area contributed by atoms with Crippen molar-refractivity contribution in [1.82, 2.24) is 14.7 Å². The summed E-state index contributed by atoms with van der Waals surface area (Å²) < 4.78 is 0. The van der Waals surface area contributed by atoms with Crippen molar-refractivity contribution < 1.29 is 19.5 Å². The Morgan fingerprint density at radius 1 is 1.20 bits per heavy atom. The fourth-order valence-electron chi connectivity index (χ4n) is 2.15. The van der Waals surface area contributed by atoms with Gasteiger partial charge in [0.15, 0.2) is 0 Å². The van der Waals surface area contributed by atoms with Crippen molar-refractivity contribution in [2.75, 3.05) is 39.3 Å². The zero-order valence-electron chi connectivity index (χ0n) is 11.7. The van der Waals surface area contributed by atoms with Crippen LogP contribution in [0.2, 0.25) is 0 Å². The lowest BCUT2D eigenvalue weighted by atomic mass is 10.4. The van der Waals surface area contributed by atoms with Gasteiger partial charge in [-0.05, 0) is 6.42 Å². The smallest absolute Gasteiger partial charge is 0.323 e. The van der Waals surface area contributed by atoms with Crippen molar-refractivity contribution in [2.24, 2.45) is 0 Å². The third-order valence-corrected chi connectivity index (χ3v) is 3.16.